The summed E-state index contributed by atoms with van der Waals surface area (Å²) in [7, 11) is -3.52. The summed E-state index contributed by atoms with van der Waals surface area (Å²) in [5, 5.41) is 8.45. The van der Waals surface area contributed by atoms with Crippen LogP contribution in [0.3, 0.4) is 0 Å². The number of hydrogen-bond donors (Lipinski definition) is 2. The van der Waals surface area contributed by atoms with Crippen LogP contribution >= 0.6 is 11.3 Å². The van der Waals surface area contributed by atoms with Gasteiger partial charge in [0.25, 0.3) is 0 Å². The third-order valence-corrected chi connectivity index (χ3v) is 8.98. The summed E-state index contributed by atoms with van der Waals surface area (Å²) in [6.07, 6.45) is 5.49. The molecule has 2 unspecified atom stereocenters. The fraction of sp³-hybridized carbons (Fsp3) is 0.565. The third kappa shape index (κ3) is 6.60. The van der Waals surface area contributed by atoms with Crippen molar-refractivity contribution >= 4 is 27.1 Å². The average molecular weight is 479 g/mol. The molecular formula is C23H34N4O3S2. The number of benzene rings is 1. The Bertz CT molecular complexity index is 946. The van der Waals surface area contributed by atoms with Crippen LogP contribution in [0.4, 0.5) is 0 Å². The molecule has 1 aliphatic rings. The molecular weight excluding hydrogens is 444 g/mol. The Morgan fingerprint density at radius 3 is 2.69 bits per heavy atom. The number of carbonyl (C=O) groups is 1. The SMILES string of the molecule is CCC(NCCCCN1CCNCC1=O)C(C)Cc1ccc(S(=O)(=O)c2nccs2)cc1. The quantitative estimate of drug-likeness (QED) is 0.456. The van der Waals surface area contributed by atoms with Crippen LogP contribution in [0, 0.1) is 5.92 Å². The summed E-state index contributed by atoms with van der Waals surface area (Å²) in [6.45, 7) is 8.37. The van der Waals surface area contributed by atoms with Gasteiger partial charge >= 0.3 is 0 Å². The molecule has 0 radical (unpaired) electrons. The van der Waals surface area contributed by atoms with Gasteiger partial charge in [-0.05, 0) is 55.8 Å². The van der Waals surface area contributed by atoms with Gasteiger partial charge in [0.1, 0.15) is 0 Å². The van der Waals surface area contributed by atoms with E-state index in [1.807, 2.05) is 17.0 Å². The summed E-state index contributed by atoms with van der Waals surface area (Å²) >= 11 is 1.14. The van der Waals surface area contributed by atoms with Crippen molar-refractivity contribution in [2.24, 2.45) is 5.92 Å². The molecule has 1 fully saturated rings. The van der Waals surface area contributed by atoms with Crippen molar-refractivity contribution in [3.63, 3.8) is 0 Å². The highest BCUT2D eigenvalue weighted by atomic mass is 32.2. The number of aromatic nitrogens is 1. The number of carbonyl (C=O) groups excluding carboxylic acids is 1. The van der Waals surface area contributed by atoms with Crippen LogP contribution in [0.15, 0.2) is 45.1 Å². The number of nitrogens with zero attached hydrogens (tertiary/aromatic N) is 2. The Morgan fingerprint density at radius 2 is 2.03 bits per heavy atom. The van der Waals surface area contributed by atoms with E-state index in [1.165, 1.54) is 6.20 Å². The van der Waals surface area contributed by atoms with Gasteiger partial charge in [-0.2, -0.15) is 0 Å². The second kappa shape index (κ2) is 11.9. The zero-order valence-corrected chi connectivity index (χ0v) is 20.6. The van der Waals surface area contributed by atoms with Crippen molar-refractivity contribution in [1.82, 2.24) is 20.5 Å². The zero-order chi connectivity index (χ0) is 23.0. The summed E-state index contributed by atoms with van der Waals surface area (Å²) in [6, 6.07) is 7.59. The first kappa shape index (κ1) is 24.8. The Morgan fingerprint density at radius 1 is 1.25 bits per heavy atom. The van der Waals surface area contributed by atoms with E-state index >= 15 is 0 Å². The minimum atomic E-state index is -3.52. The van der Waals surface area contributed by atoms with E-state index < -0.39 is 9.84 Å². The first-order valence-electron chi connectivity index (χ1n) is 11.4. The van der Waals surface area contributed by atoms with Gasteiger partial charge in [0, 0.05) is 37.3 Å². The summed E-state index contributed by atoms with van der Waals surface area (Å²) in [5.41, 5.74) is 1.13. The second-order valence-corrected chi connectivity index (χ2v) is 11.4. The van der Waals surface area contributed by atoms with Gasteiger partial charge in [0.15, 0.2) is 0 Å². The maximum Gasteiger partial charge on any atom is 0.236 e. The molecule has 1 amide bonds. The number of thiazole rings is 1. The molecule has 3 rings (SSSR count). The smallest absolute Gasteiger partial charge is 0.236 e. The van der Waals surface area contributed by atoms with Crippen LogP contribution in [-0.4, -0.2) is 63.0 Å². The van der Waals surface area contributed by atoms with Crippen molar-refractivity contribution in [2.45, 2.75) is 54.8 Å². The van der Waals surface area contributed by atoms with E-state index in [-0.39, 0.29) is 15.1 Å². The molecule has 1 aromatic heterocycles. The van der Waals surface area contributed by atoms with Crippen molar-refractivity contribution in [3.05, 3.63) is 41.4 Å². The third-order valence-electron chi connectivity index (χ3n) is 6.01. The van der Waals surface area contributed by atoms with Gasteiger partial charge in [-0.3, -0.25) is 4.79 Å². The molecule has 0 spiro atoms. The molecule has 32 heavy (non-hydrogen) atoms. The number of unbranched alkanes of at least 4 members (excludes halogenated alkanes) is 1. The van der Waals surface area contributed by atoms with Gasteiger partial charge in [0.2, 0.25) is 20.1 Å². The molecule has 0 bridgehead atoms. The second-order valence-electron chi connectivity index (χ2n) is 8.36. The topological polar surface area (TPSA) is 91.4 Å². The predicted octanol–water partition coefficient (Wildman–Crippen LogP) is 2.73. The van der Waals surface area contributed by atoms with E-state index in [0.29, 0.717) is 18.5 Å². The lowest BCUT2D eigenvalue weighted by Gasteiger charge is -2.28. The number of rotatable bonds is 12. The monoisotopic (exact) mass is 478 g/mol. The van der Waals surface area contributed by atoms with Crippen molar-refractivity contribution < 1.29 is 13.2 Å². The Kier molecular flexibility index (Phi) is 9.22. The molecule has 1 aliphatic heterocycles. The van der Waals surface area contributed by atoms with Crippen LogP contribution in [-0.2, 0) is 21.1 Å². The highest BCUT2D eigenvalue weighted by Gasteiger charge is 2.21. The molecule has 2 atom stereocenters. The lowest BCUT2D eigenvalue weighted by molar-refractivity contribution is -0.131. The maximum absolute atomic E-state index is 12.6. The predicted molar refractivity (Wildman–Crippen MR) is 128 cm³/mol. The molecule has 1 saturated heterocycles. The van der Waals surface area contributed by atoms with E-state index in [0.717, 1.165) is 68.8 Å². The number of hydrogen-bond acceptors (Lipinski definition) is 7. The normalized spacial score (nSPS) is 16.8. The molecule has 2 N–H and O–H groups in total. The number of piperazine rings is 1. The van der Waals surface area contributed by atoms with Crippen LogP contribution in [0.25, 0.3) is 0 Å². The first-order valence-corrected chi connectivity index (χ1v) is 13.7. The van der Waals surface area contributed by atoms with Crippen molar-refractivity contribution in [1.29, 1.82) is 0 Å². The minimum absolute atomic E-state index is 0.134. The Labute approximate surface area is 195 Å². The lowest BCUT2D eigenvalue weighted by Crippen LogP contribution is -2.48. The number of sulfone groups is 1. The fourth-order valence-corrected chi connectivity index (χ4v) is 6.33. The van der Waals surface area contributed by atoms with Gasteiger partial charge in [-0.1, -0.05) is 26.0 Å². The average Bonchev–Trinajstić information content (AvgIpc) is 3.34. The largest absolute Gasteiger partial charge is 0.340 e. The maximum atomic E-state index is 12.6. The molecule has 2 aromatic rings. The van der Waals surface area contributed by atoms with Crippen LogP contribution < -0.4 is 10.6 Å². The molecule has 9 heteroatoms. The molecule has 176 valence electrons. The summed E-state index contributed by atoms with van der Waals surface area (Å²) < 4.78 is 25.3. The molecule has 7 nitrogen and oxygen atoms in total. The Hall–Kier alpha value is -1.81. The highest BCUT2D eigenvalue weighted by Crippen LogP contribution is 2.24. The van der Waals surface area contributed by atoms with Gasteiger partial charge in [0.05, 0.1) is 11.4 Å². The van der Waals surface area contributed by atoms with Crippen molar-refractivity contribution in [3.8, 4) is 0 Å². The van der Waals surface area contributed by atoms with E-state index in [2.05, 4.69) is 29.5 Å². The lowest BCUT2D eigenvalue weighted by atomic mass is 9.92. The number of nitrogens with one attached hydrogen (secondary N) is 2. The Balaban J connectivity index is 1.44. The van der Waals surface area contributed by atoms with Gasteiger partial charge < -0.3 is 15.5 Å². The van der Waals surface area contributed by atoms with Gasteiger partial charge in [-0.15, -0.1) is 11.3 Å². The first-order chi connectivity index (χ1) is 15.4. The van der Waals surface area contributed by atoms with E-state index in [1.54, 1.807) is 17.5 Å². The van der Waals surface area contributed by atoms with Crippen LogP contribution in [0.5, 0.6) is 0 Å². The molecule has 2 heterocycles. The van der Waals surface area contributed by atoms with Gasteiger partial charge in [-0.25, -0.2) is 13.4 Å². The fourth-order valence-electron chi connectivity index (χ4n) is 4.11. The zero-order valence-electron chi connectivity index (χ0n) is 18.9. The van der Waals surface area contributed by atoms with E-state index in [9.17, 15) is 13.2 Å². The van der Waals surface area contributed by atoms with Crippen molar-refractivity contribution in [2.75, 3.05) is 32.7 Å². The molecule has 0 saturated carbocycles. The van der Waals surface area contributed by atoms with Crippen LogP contribution in [0.2, 0.25) is 0 Å². The molecule has 0 aliphatic carbocycles. The summed E-state index contributed by atoms with van der Waals surface area (Å²) in [5.74, 6) is 0.630. The number of amides is 1. The minimum Gasteiger partial charge on any atom is -0.340 e. The standard InChI is InChI=1S/C23H34N4O3S2/c1-3-21(25-10-4-5-13-27-14-11-24-17-22(27)28)18(2)16-19-6-8-20(9-7-19)32(29,30)23-26-12-15-31-23/h6-9,12,15,18,21,24-25H,3-5,10-11,13-14,16-17H2,1-2H3. The molecule has 1 aromatic carbocycles. The van der Waals surface area contributed by atoms with E-state index in [4.69, 9.17) is 0 Å². The highest BCUT2D eigenvalue weighted by molar-refractivity contribution is 7.93. The summed E-state index contributed by atoms with van der Waals surface area (Å²) in [4.78, 5) is 18.0. The van der Waals surface area contributed by atoms with Crippen LogP contribution in [0.1, 0.15) is 38.7 Å².